The lowest BCUT2D eigenvalue weighted by Crippen LogP contribution is -2.36. The molecular weight excluding hydrogens is 152 g/mol. The van der Waals surface area contributed by atoms with Gasteiger partial charge in [0.2, 0.25) is 0 Å². The zero-order valence-electron chi connectivity index (χ0n) is 8.38. The second-order valence-corrected chi connectivity index (χ2v) is 2.95. The van der Waals surface area contributed by atoms with Crippen molar-refractivity contribution >= 4 is 0 Å². The molecule has 12 heavy (non-hydrogen) atoms. The van der Waals surface area contributed by atoms with E-state index in [0.717, 1.165) is 12.5 Å². The fourth-order valence-corrected chi connectivity index (χ4v) is 0.992. The van der Waals surface area contributed by atoms with Gasteiger partial charge in [0.05, 0.1) is 19.3 Å². The van der Waals surface area contributed by atoms with Gasteiger partial charge in [-0.25, -0.2) is 0 Å². The van der Waals surface area contributed by atoms with Crippen LogP contribution in [0.3, 0.4) is 0 Å². The van der Waals surface area contributed by atoms with E-state index in [4.69, 9.17) is 4.74 Å². The summed E-state index contributed by atoms with van der Waals surface area (Å²) in [6.45, 7) is 9.42. The minimum absolute atomic E-state index is 0.546. The normalized spacial score (nSPS) is 26.6. The van der Waals surface area contributed by atoms with Crippen LogP contribution >= 0.6 is 0 Å². The van der Waals surface area contributed by atoms with Crippen molar-refractivity contribution in [1.82, 2.24) is 0 Å². The second kappa shape index (κ2) is 7.32. The maximum atomic E-state index is 5.13. The quantitative estimate of drug-likeness (QED) is 0.608. The van der Waals surface area contributed by atoms with E-state index >= 15 is 0 Å². The molecule has 1 aliphatic heterocycles. The summed E-state index contributed by atoms with van der Waals surface area (Å²) in [5, 5.41) is 0. The molecule has 1 rings (SSSR count). The molecule has 1 saturated heterocycles. The fraction of sp³-hybridized carbons (Fsp3) is 0.800. The molecule has 72 valence electrons. The first kappa shape index (κ1) is 11.7. The molecule has 1 fully saturated rings. The molecule has 0 aliphatic carbocycles. The zero-order chi connectivity index (χ0) is 9.40. The lowest BCUT2D eigenvalue weighted by atomic mass is 9.97. The largest absolute Gasteiger partial charge is 0.381 e. The van der Waals surface area contributed by atoms with E-state index in [-0.39, 0.29) is 0 Å². The summed E-state index contributed by atoms with van der Waals surface area (Å²) >= 11 is 0. The average molecular weight is 172 g/mol. The molecule has 0 aromatic carbocycles. The Bertz CT molecular complexity index is 110. The van der Waals surface area contributed by atoms with Crippen molar-refractivity contribution in [2.24, 2.45) is 5.92 Å². The topological polar surface area (TPSA) is 18.5 Å². The monoisotopic (exact) mass is 172 g/mol. The van der Waals surface area contributed by atoms with Gasteiger partial charge in [0.15, 0.2) is 0 Å². The molecule has 0 aromatic heterocycles. The molecule has 0 amide bonds. The molecule has 0 spiro atoms. The maximum Gasteiger partial charge on any atom is 0.0641 e. The Morgan fingerprint density at radius 2 is 2.33 bits per heavy atom. The highest BCUT2D eigenvalue weighted by Gasteiger charge is 2.25. The molecule has 0 N–H and O–H groups in total. The molecule has 2 atom stereocenters. The van der Waals surface area contributed by atoms with E-state index in [1.807, 2.05) is 0 Å². The highest BCUT2D eigenvalue weighted by molar-refractivity contribution is 4.72. The highest BCUT2D eigenvalue weighted by Crippen LogP contribution is 2.21. The minimum Gasteiger partial charge on any atom is -0.381 e. The van der Waals surface area contributed by atoms with Gasteiger partial charge in [-0.3, -0.25) is 0 Å². The summed E-state index contributed by atoms with van der Waals surface area (Å²) in [7, 11) is 1.64. The maximum absolute atomic E-state index is 5.13. The lowest BCUT2D eigenvalue weighted by Gasteiger charge is -2.33. The van der Waals surface area contributed by atoms with Gasteiger partial charge in [-0.15, -0.1) is 6.58 Å². The van der Waals surface area contributed by atoms with Gasteiger partial charge in [-0.1, -0.05) is 13.0 Å². The first-order chi connectivity index (χ1) is 5.76. The minimum atomic E-state index is 0.546. The second-order valence-electron chi connectivity index (χ2n) is 2.95. The Morgan fingerprint density at radius 3 is 2.33 bits per heavy atom. The molecule has 1 heterocycles. The molecule has 1 aliphatic rings. The predicted octanol–water partition coefficient (Wildman–Crippen LogP) is 2.25. The molecule has 2 nitrogen and oxygen atoms in total. The summed E-state index contributed by atoms with van der Waals surface area (Å²) in [5.74, 6) is 0.861. The number of ether oxygens (including phenoxy) is 2. The van der Waals surface area contributed by atoms with Crippen molar-refractivity contribution in [1.29, 1.82) is 0 Å². The number of methoxy groups -OCH3 is 1. The molecule has 0 aromatic rings. The molecule has 2 unspecified atom stereocenters. The Kier molecular flexibility index (Phi) is 7.11. The van der Waals surface area contributed by atoms with Gasteiger partial charge in [0.1, 0.15) is 0 Å². The van der Waals surface area contributed by atoms with Crippen LogP contribution in [-0.4, -0.2) is 26.4 Å². The SMILES string of the molecule is C=CCOC.CCC1COC1C. The molecular formula is C10H20O2. The van der Waals surface area contributed by atoms with Crippen LogP contribution in [0.15, 0.2) is 12.7 Å². The van der Waals surface area contributed by atoms with Gasteiger partial charge in [-0.2, -0.15) is 0 Å². The third-order valence-corrected chi connectivity index (χ3v) is 2.05. The molecule has 2 heteroatoms. The van der Waals surface area contributed by atoms with E-state index in [0.29, 0.717) is 12.7 Å². The van der Waals surface area contributed by atoms with E-state index in [9.17, 15) is 0 Å². The van der Waals surface area contributed by atoms with Crippen molar-refractivity contribution in [3.8, 4) is 0 Å². The van der Waals surface area contributed by atoms with Crippen LogP contribution < -0.4 is 0 Å². The number of rotatable bonds is 3. The van der Waals surface area contributed by atoms with Crippen molar-refractivity contribution < 1.29 is 9.47 Å². The van der Waals surface area contributed by atoms with E-state index < -0.39 is 0 Å². The number of hydrogen-bond donors (Lipinski definition) is 0. The van der Waals surface area contributed by atoms with Gasteiger partial charge in [0, 0.05) is 13.0 Å². The zero-order valence-corrected chi connectivity index (χ0v) is 8.38. The van der Waals surface area contributed by atoms with Crippen molar-refractivity contribution in [3.63, 3.8) is 0 Å². The van der Waals surface area contributed by atoms with Gasteiger partial charge in [-0.05, 0) is 13.3 Å². The van der Waals surface area contributed by atoms with Gasteiger partial charge in [0.25, 0.3) is 0 Å². The van der Waals surface area contributed by atoms with Crippen LogP contribution in [0.4, 0.5) is 0 Å². The Morgan fingerprint density at radius 1 is 1.67 bits per heavy atom. The van der Waals surface area contributed by atoms with Crippen LogP contribution in [-0.2, 0) is 9.47 Å². The number of hydrogen-bond acceptors (Lipinski definition) is 2. The third-order valence-electron chi connectivity index (χ3n) is 2.05. The van der Waals surface area contributed by atoms with Crippen LogP contribution in [0, 0.1) is 5.92 Å². The first-order valence-electron chi connectivity index (χ1n) is 4.47. The summed E-state index contributed by atoms with van der Waals surface area (Å²) in [6, 6.07) is 0. The van der Waals surface area contributed by atoms with Gasteiger partial charge < -0.3 is 9.47 Å². The predicted molar refractivity (Wildman–Crippen MR) is 51.3 cm³/mol. The van der Waals surface area contributed by atoms with Gasteiger partial charge >= 0.3 is 0 Å². The van der Waals surface area contributed by atoms with Crippen LogP contribution in [0.5, 0.6) is 0 Å². The summed E-state index contributed by atoms with van der Waals surface area (Å²) < 4.78 is 9.71. The third kappa shape index (κ3) is 4.52. The first-order valence-corrected chi connectivity index (χ1v) is 4.47. The highest BCUT2D eigenvalue weighted by atomic mass is 16.5. The Labute approximate surface area is 75.6 Å². The van der Waals surface area contributed by atoms with Crippen molar-refractivity contribution in [3.05, 3.63) is 12.7 Å². The van der Waals surface area contributed by atoms with E-state index in [1.165, 1.54) is 6.42 Å². The molecule has 0 bridgehead atoms. The Balaban J connectivity index is 0.000000217. The average Bonchev–Trinajstić information content (AvgIpc) is 2.05. The van der Waals surface area contributed by atoms with E-state index in [2.05, 4.69) is 25.2 Å². The Hall–Kier alpha value is -0.340. The summed E-state index contributed by atoms with van der Waals surface area (Å²) in [5.41, 5.74) is 0. The van der Waals surface area contributed by atoms with E-state index in [1.54, 1.807) is 13.2 Å². The fourth-order valence-electron chi connectivity index (χ4n) is 0.992. The van der Waals surface area contributed by atoms with Crippen molar-refractivity contribution in [2.45, 2.75) is 26.4 Å². The van der Waals surface area contributed by atoms with Crippen LogP contribution in [0.1, 0.15) is 20.3 Å². The summed E-state index contributed by atoms with van der Waals surface area (Å²) in [4.78, 5) is 0. The smallest absolute Gasteiger partial charge is 0.0641 e. The standard InChI is InChI=1S/C6H12O.C4H8O/c1-3-6-4-7-5(6)2;1-3-4-5-2/h5-6H,3-4H2,1-2H3;3H,1,4H2,2H3. The van der Waals surface area contributed by atoms with Crippen LogP contribution in [0.25, 0.3) is 0 Å². The summed E-state index contributed by atoms with van der Waals surface area (Å²) in [6.07, 6.45) is 3.53. The van der Waals surface area contributed by atoms with Crippen LogP contribution in [0.2, 0.25) is 0 Å². The molecule has 0 radical (unpaired) electrons. The lowest BCUT2D eigenvalue weighted by molar-refractivity contribution is -0.103. The molecule has 0 saturated carbocycles. The van der Waals surface area contributed by atoms with Crippen molar-refractivity contribution in [2.75, 3.05) is 20.3 Å².